The summed E-state index contributed by atoms with van der Waals surface area (Å²) in [6.07, 6.45) is 3.41. The summed E-state index contributed by atoms with van der Waals surface area (Å²) in [4.78, 5) is 12.4. The van der Waals surface area contributed by atoms with Crippen LogP contribution < -0.4 is 4.74 Å². The van der Waals surface area contributed by atoms with Crippen molar-refractivity contribution in [1.82, 2.24) is 9.78 Å². The summed E-state index contributed by atoms with van der Waals surface area (Å²) in [5.41, 5.74) is 3.26. The molecule has 4 heteroatoms. The van der Waals surface area contributed by atoms with E-state index < -0.39 is 0 Å². The van der Waals surface area contributed by atoms with Crippen LogP contribution in [-0.2, 0) is 7.05 Å². The topological polar surface area (TPSA) is 44.1 Å². The molecule has 0 aliphatic rings. The first-order chi connectivity index (χ1) is 10.9. The first-order valence-electron chi connectivity index (χ1n) is 7.84. The summed E-state index contributed by atoms with van der Waals surface area (Å²) in [6.45, 7) is 8.66. The Bertz CT molecular complexity index is 727. The normalized spacial score (nSPS) is 11.4. The second-order valence-electron chi connectivity index (χ2n) is 6.14. The minimum atomic E-state index is -0.0263. The third kappa shape index (κ3) is 4.31. The molecule has 0 aliphatic carbocycles. The Kier molecular flexibility index (Phi) is 5.37. The van der Waals surface area contributed by atoms with Crippen LogP contribution in [0.15, 0.2) is 30.3 Å². The Hall–Kier alpha value is -2.36. The molecule has 0 radical (unpaired) electrons. The number of carbonyl (C=O) groups is 1. The van der Waals surface area contributed by atoms with Gasteiger partial charge in [0.25, 0.3) is 0 Å². The largest absolute Gasteiger partial charge is 0.493 e. The van der Waals surface area contributed by atoms with Gasteiger partial charge in [0.05, 0.1) is 17.9 Å². The predicted octanol–water partition coefficient (Wildman–Crippen LogP) is 3.97. The number of allylic oxidation sites excluding steroid dienone is 1. The lowest BCUT2D eigenvalue weighted by molar-refractivity contribution is 0.104. The average molecular weight is 312 g/mol. The molecule has 0 N–H and O–H groups in total. The third-order valence-electron chi connectivity index (χ3n) is 3.62. The van der Waals surface area contributed by atoms with Gasteiger partial charge in [-0.3, -0.25) is 9.48 Å². The monoisotopic (exact) mass is 312 g/mol. The Balaban J connectivity index is 2.13. The van der Waals surface area contributed by atoms with E-state index in [1.807, 2.05) is 51.2 Å². The van der Waals surface area contributed by atoms with Crippen molar-refractivity contribution in [2.24, 2.45) is 13.0 Å². The second kappa shape index (κ2) is 7.27. The van der Waals surface area contributed by atoms with Crippen LogP contribution in [0.3, 0.4) is 0 Å². The summed E-state index contributed by atoms with van der Waals surface area (Å²) in [7, 11) is 1.85. The number of hydrogen-bond donors (Lipinski definition) is 0. The summed E-state index contributed by atoms with van der Waals surface area (Å²) in [5.74, 6) is 1.27. The highest BCUT2D eigenvalue weighted by molar-refractivity contribution is 6.08. The Labute approximate surface area is 137 Å². The molecule has 0 saturated carbocycles. The van der Waals surface area contributed by atoms with E-state index in [2.05, 4.69) is 18.9 Å². The highest BCUT2D eigenvalue weighted by atomic mass is 16.5. The zero-order valence-electron chi connectivity index (χ0n) is 14.5. The lowest BCUT2D eigenvalue weighted by Gasteiger charge is -2.08. The molecule has 4 nitrogen and oxygen atoms in total. The Morgan fingerprint density at radius 1 is 1.35 bits per heavy atom. The molecular formula is C19H24N2O2. The number of aryl methyl sites for hydroxylation is 2. The van der Waals surface area contributed by atoms with Crippen molar-refractivity contribution in [3.8, 4) is 5.75 Å². The van der Waals surface area contributed by atoms with Crippen molar-refractivity contribution in [3.63, 3.8) is 0 Å². The maximum Gasteiger partial charge on any atom is 0.189 e. The summed E-state index contributed by atoms with van der Waals surface area (Å²) >= 11 is 0. The van der Waals surface area contributed by atoms with Gasteiger partial charge in [-0.15, -0.1) is 0 Å². The molecule has 0 unspecified atom stereocenters. The molecule has 23 heavy (non-hydrogen) atoms. The smallest absolute Gasteiger partial charge is 0.189 e. The highest BCUT2D eigenvalue weighted by Gasteiger charge is 2.14. The number of aromatic nitrogens is 2. The number of rotatable bonds is 6. The second-order valence-corrected chi connectivity index (χ2v) is 6.14. The number of carbonyl (C=O) groups excluding carboxylic acids is 1. The quantitative estimate of drug-likeness (QED) is 0.599. The highest BCUT2D eigenvalue weighted by Crippen LogP contribution is 2.17. The molecule has 2 rings (SSSR count). The standard InChI is InChI=1S/C19H24N2O2/c1-13(2)12-23-17-8-6-7-16(11-17)9-10-18(22)19-14(3)20-21(5)15(19)4/h6-11,13H,12H2,1-5H3/b10-9+. The van der Waals surface area contributed by atoms with Crippen LogP contribution in [0.5, 0.6) is 5.75 Å². The minimum Gasteiger partial charge on any atom is -0.493 e. The van der Waals surface area contributed by atoms with Crippen LogP contribution in [0.4, 0.5) is 0 Å². The van der Waals surface area contributed by atoms with Gasteiger partial charge in [-0.05, 0) is 43.5 Å². The van der Waals surface area contributed by atoms with Gasteiger partial charge in [-0.1, -0.05) is 32.1 Å². The Morgan fingerprint density at radius 3 is 2.70 bits per heavy atom. The maximum atomic E-state index is 12.4. The minimum absolute atomic E-state index is 0.0263. The average Bonchev–Trinajstić information content (AvgIpc) is 2.76. The third-order valence-corrected chi connectivity index (χ3v) is 3.62. The van der Waals surface area contributed by atoms with Gasteiger partial charge in [-0.2, -0.15) is 5.10 Å². The van der Waals surface area contributed by atoms with Gasteiger partial charge in [0, 0.05) is 12.7 Å². The van der Waals surface area contributed by atoms with Crippen LogP contribution in [0.25, 0.3) is 6.08 Å². The lowest BCUT2D eigenvalue weighted by Crippen LogP contribution is -2.04. The molecule has 0 spiro atoms. The number of nitrogens with zero attached hydrogens (tertiary/aromatic N) is 2. The fraction of sp³-hybridized carbons (Fsp3) is 0.368. The van der Waals surface area contributed by atoms with Gasteiger partial charge < -0.3 is 4.74 Å². The molecule has 0 bridgehead atoms. The fourth-order valence-electron chi connectivity index (χ4n) is 2.36. The molecular weight excluding hydrogens is 288 g/mol. The van der Waals surface area contributed by atoms with E-state index in [0.29, 0.717) is 18.1 Å². The zero-order chi connectivity index (χ0) is 17.0. The van der Waals surface area contributed by atoms with Crippen LogP contribution in [-0.4, -0.2) is 22.2 Å². The van der Waals surface area contributed by atoms with E-state index in [0.717, 1.165) is 22.7 Å². The van der Waals surface area contributed by atoms with Crippen LogP contribution >= 0.6 is 0 Å². The zero-order valence-corrected chi connectivity index (χ0v) is 14.5. The van der Waals surface area contributed by atoms with Crippen LogP contribution in [0.1, 0.15) is 41.2 Å². The van der Waals surface area contributed by atoms with Gasteiger partial charge in [0.2, 0.25) is 0 Å². The van der Waals surface area contributed by atoms with Gasteiger partial charge in [0.15, 0.2) is 5.78 Å². The molecule has 1 aromatic heterocycles. The molecule has 0 atom stereocenters. The molecule has 2 aromatic rings. The van der Waals surface area contributed by atoms with E-state index in [-0.39, 0.29) is 5.78 Å². The van der Waals surface area contributed by atoms with E-state index in [9.17, 15) is 4.79 Å². The van der Waals surface area contributed by atoms with Crippen LogP contribution in [0, 0.1) is 19.8 Å². The molecule has 0 amide bonds. The van der Waals surface area contributed by atoms with Gasteiger partial charge in [-0.25, -0.2) is 0 Å². The summed E-state index contributed by atoms with van der Waals surface area (Å²) in [5, 5.41) is 4.28. The maximum absolute atomic E-state index is 12.4. The van der Waals surface area contributed by atoms with Crippen LogP contribution in [0.2, 0.25) is 0 Å². The van der Waals surface area contributed by atoms with E-state index >= 15 is 0 Å². The molecule has 1 aromatic carbocycles. The van der Waals surface area contributed by atoms with E-state index in [4.69, 9.17) is 4.74 Å². The summed E-state index contributed by atoms with van der Waals surface area (Å²) < 4.78 is 7.44. The van der Waals surface area contributed by atoms with Gasteiger partial charge in [0.1, 0.15) is 5.75 Å². The molecule has 1 heterocycles. The number of ketones is 1. The van der Waals surface area contributed by atoms with Crippen molar-refractivity contribution >= 4 is 11.9 Å². The molecule has 0 fully saturated rings. The van der Waals surface area contributed by atoms with Crippen molar-refractivity contribution < 1.29 is 9.53 Å². The molecule has 0 saturated heterocycles. The first-order valence-corrected chi connectivity index (χ1v) is 7.84. The van der Waals surface area contributed by atoms with Gasteiger partial charge >= 0.3 is 0 Å². The SMILES string of the molecule is Cc1nn(C)c(C)c1C(=O)/C=C/c1cccc(OCC(C)C)c1. The summed E-state index contributed by atoms with van der Waals surface area (Å²) in [6, 6.07) is 7.75. The van der Waals surface area contributed by atoms with Crippen molar-refractivity contribution in [2.45, 2.75) is 27.7 Å². The van der Waals surface area contributed by atoms with Crippen molar-refractivity contribution in [2.75, 3.05) is 6.61 Å². The fourth-order valence-corrected chi connectivity index (χ4v) is 2.36. The number of ether oxygens (including phenoxy) is 1. The van der Waals surface area contributed by atoms with Crippen molar-refractivity contribution in [3.05, 3.63) is 52.9 Å². The molecule has 0 aliphatic heterocycles. The van der Waals surface area contributed by atoms with E-state index in [1.54, 1.807) is 10.8 Å². The number of hydrogen-bond acceptors (Lipinski definition) is 3. The van der Waals surface area contributed by atoms with E-state index in [1.165, 1.54) is 0 Å². The molecule has 122 valence electrons. The lowest BCUT2D eigenvalue weighted by atomic mass is 10.1. The predicted molar refractivity (Wildman–Crippen MR) is 92.8 cm³/mol. The van der Waals surface area contributed by atoms with Crippen molar-refractivity contribution in [1.29, 1.82) is 0 Å². The number of benzene rings is 1. The first kappa shape index (κ1) is 17.0. The Morgan fingerprint density at radius 2 is 2.09 bits per heavy atom.